The molecule has 3 N–H and O–H groups in total. The first kappa shape index (κ1) is 16.6. The third-order valence-corrected chi connectivity index (χ3v) is 5.52. The normalized spacial score (nSPS) is 12.3. The molecule has 7 nitrogen and oxygen atoms in total. The lowest BCUT2D eigenvalue weighted by Gasteiger charge is -2.25. The van der Waals surface area contributed by atoms with E-state index in [9.17, 15) is 8.42 Å². The van der Waals surface area contributed by atoms with Gasteiger partial charge in [0, 0.05) is 26.1 Å². The zero-order valence-corrected chi connectivity index (χ0v) is 13.5. The monoisotopic (exact) mass is 301 g/mol. The van der Waals surface area contributed by atoms with Crippen LogP contribution in [0.5, 0.6) is 0 Å². The van der Waals surface area contributed by atoms with Gasteiger partial charge >= 0.3 is 0 Å². The smallest absolute Gasteiger partial charge is 0.246 e. The van der Waals surface area contributed by atoms with Gasteiger partial charge in [0.2, 0.25) is 10.0 Å². The molecule has 0 bridgehead atoms. The largest absolute Gasteiger partial charge is 0.388 e. The lowest BCUT2D eigenvalue weighted by molar-refractivity contribution is 0.361. The topological polar surface area (TPSA) is 105 Å². The molecule has 0 fully saturated rings. The molecule has 0 aromatic carbocycles. The summed E-state index contributed by atoms with van der Waals surface area (Å²) in [4.78, 5) is 0.247. The third kappa shape index (κ3) is 3.18. The molecule has 0 saturated heterocycles. The van der Waals surface area contributed by atoms with Gasteiger partial charge in [0.1, 0.15) is 4.90 Å². The average Bonchev–Trinajstić information content (AvgIpc) is 2.51. The Hall–Kier alpha value is -1.41. The van der Waals surface area contributed by atoms with Crippen LogP contribution in [0, 0.1) is 19.3 Å². The number of nitrogens with two attached hydrogens (primary N) is 1. The SMILES string of the molecule is Cc1nn(C)c(C)c1S(=O)(=O)N(CCC(=N)N)C(C)C. The second kappa shape index (κ2) is 5.92. The van der Waals surface area contributed by atoms with Crippen molar-refractivity contribution in [2.24, 2.45) is 12.8 Å². The van der Waals surface area contributed by atoms with Crippen molar-refractivity contribution < 1.29 is 8.42 Å². The Morgan fingerprint density at radius 3 is 2.35 bits per heavy atom. The van der Waals surface area contributed by atoms with Gasteiger partial charge in [-0.25, -0.2) is 8.42 Å². The number of nitrogens with zero attached hydrogens (tertiary/aromatic N) is 3. The van der Waals surface area contributed by atoms with Gasteiger partial charge in [-0.05, 0) is 27.7 Å². The van der Waals surface area contributed by atoms with Crippen molar-refractivity contribution in [2.45, 2.75) is 45.1 Å². The molecule has 0 aliphatic rings. The highest BCUT2D eigenvalue weighted by molar-refractivity contribution is 7.89. The molecule has 0 spiro atoms. The maximum atomic E-state index is 12.8. The Balaban J connectivity index is 3.26. The fourth-order valence-corrected chi connectivity index (χ4v) is 4.17. The second-order valence-electron chi connectivity index (χ2n) is 5.11. The van der Waals surface area contributed by atoms with Crippen LogP contribution in [-0.2, 0) is 17.1 Å². The third-order valence-electron chi connectivity index (χ3n) is 3.19. The highest BCUT2D eigenvalue weighted by Gasteiger charge is 2.32. The quantitative estimate of drug-likeness (QED) is 0.597. The van der Waals surface area contributed by atoms with Crippen molar-refractivity contribution in [1.29, 1.82) is 5.41 Å². The van der Waals surface area contributed by atoms with Crippen molar-refractivity contribution in [1.82, 2.24) is 14.1 Å². The van der Waals surface area contributed by atoms with E-state index < -0.39 is 10.0 Å². The molecular formula is C12H23N5O2S. The maximum Gasteiger partial charge on any atom is 0.246 e. The van der Waals surface area contributed by atoms with Crippen molar-refractivity contribution >= 4 is 15.9 Å². The minimum atomic E-state index is -3.64. The van der Waals surface area contributed by atoms with Gasteiger partial charge in [0.25, 0.3) is 0 Å². The fraction of sp³-hybridized carbons (Fsp3) is 0.667. The first-order valence-electron chi connectivity index (χ1n) is 6.44. The van der Waals surface area contributed by atoms with E-state index in [2.05, 4.69) is 5.10 Å². The molecule has 1 aromatic heterocycles. The summed E-state index contributed by atoms with van der Waals surface area (Å²) in [6.45, 7) is 7.22. The van der Waals surface area contributed by atoms with Crippen molar-refractivity contribution in [3.8, 4) is 0 Å². The van der Waals surface area contributed by atoms with Gasteiger partial charge in [-0.3, -0.25) is 10.1 Å². The van der Waals surface area contributed by atoms with E-state index in [1.165, 1.54) is 4.31 Å². The van der Waals surface area contributed by atoms with Crippen LogP contribution >= 0.6 is 0 Å². The molecule has 0 aliphatic heterocycles. The minimum absolute atomic E-state index is 0.0227. The van der Waals surface area contributed by atoms with Gasteiger partial charge in [-0.1, -0.05) is 0 Å². The number of nitrogens with one attached hydrogen (secondary N) is 1. The van der Waals surface area contributed by atoms with Crippen LogP contribution < -0.4 is 5.73 Å². The van der Waals surface area contributed by atoms with Gasteiger partial charge < -0.3 is 5.73 Å². The minimum Gasteiger partial charge on any atom is -0.388 e. The van der Waals surface area contributed by atoms with Gasteiger partial charge in [0.15, 0.2) is 0 Å². The molecule has 1 aromatic rings. The Morgan fingerprint density at radius 1 is 1.45 bits per heavy atom. The molecule has 1 heterocycles. The molecule has 8 heteroatoms. The molecule has 0 radical (unpaired) electrons. The zero-order valence-electron chi connectivity index (χ0n) is 12.6. The molecule has 0 amide bonds. The van der Waals surface area contributed by atoms with E-state index in [-0.39, 0.29) is 29.7 Å². The number of aromatic nitrogens is 2. The molecule has 0 aliphatic carbocycles. The number of aryl methyl sites for hydroxylation is 2. The number of hydrogen-bond acceptors (Lipinski definition) is 4. The molecule has 114 valence electrons. The van der Waals surface area contributed by atoms with Crippen LogP contribution in [-0.4, -0.2) is 40.9 Å². The van der Waals surface area contributed by atoms with Crippen LogP contribution in [0.3, 0.4) is 0 Å². The number of sulfonamides is 1. The first-order chi connectivity index (χ1) is 9.09. The highest BCUT2D eigenvalue weighted by Crippen LogP contribution is 2.24. The fourth-order valence-electron chi connectivity index (χ4n) is 2.13. The van der Waals surface area contributed by atoms with Crippen LogP contribution in [0.4, 0.5) is 0 Å². The Morgan fingerprint density at radius 2 is 2.00 bits per heavy atom. The van der Waals surface area contributed by atoms with Crippen LogP contribution in [0.25, 0.3) is 0 Å². The van der Waals surface area contributed by atoms with E-state index in [0.717, 1.165) is 0 Å². The summed E-state index contributed by atoms with van der Waals surface area (Å²) in [6, 6.07) is -0.210. The summed E-state index contributed by atoms with van der Waals surface area (Å²) in [7, 11) is -1.92. The van der Waals surface area contributed by atoms with E-state index in [0.29, 0.717) is 11.4 Å². The van der Waals surface area contributed by atoms with Gasteiger partial charge in [-0.15, -0.1) is 0 Å². The van der Waals surface area contributed by atoms with E-state index in [4.69, 9.17) is 11.1 Å². The number of amidine groups is 1. The Bertz CT molecular complexity index is 604. The van der Waals surface area contributed by atoms with Crippen molar-refractivity contribution in [3.63, 3.8) is 0 Å². The van der Waals surface area contributed by atoms with E-state index >= 15 is 0 Å². The first-order valence-corrected chi connectivity index (χ1v) is 7.88. The average molecular weight is 301 g/mol. The predicted octanol–water partition coefficient (Wildman–Crippen LogP) is 0.762. The highest BCUT2D eigenvalue weighted by atomic mass is 32.2. The van der Waals surface area contributed by atoms with Crippen LogP contribution in [0.2, 0.25) is 0 Å². The van der Waals surface area contributed by atoms with Crippen molar-refractivity contribution in [2.75, 3.05) is 6.54 Å². The second-order valence-corrected chi connectivity index (χ2v) is 6.94. The summed E-state index contributed by atoms with van der Waals surface area (Å²) < 4.78 is 28.5. The molecule has 1 rings (SSSR count). The number of rotatable bonds is 6. The molecule has 0 saturated carbocycles. The summed E-state index contributed by atoms with van der Waals surface area (Å²) in [5.74, 6) is -0.0227. The number of hydrogen-bond donors (Lipinski definition) is 2. The summed E-state index contributed by atoms with van der Waals surface area (Å²) in [5, 5.41) is 11.4. The van der Waals surface area contributed by atoms with E-state index in [1.54, 1.807) is 39.4 Å². The lowest BCUT2D eigenvalue weighted by Crippen LogP contribution is -2.39. The molecule has 0 atom stereocenters. The van der Waals surface area contributed by atoms with E-state index in [1.807, 2.05) is 0 Å². The standard InChI is InChI=1S/C12H23N5O2S/c1-8(2)17(7-6-11(13)14)20(18,19)12-9(3)15-16(5)10(12)4/h8H,6-7H2,1-5H3,(H3,13,14). The maximum absolute atomic E-state index is 12.8. The molecular weight excluding hydrogens is 278 g/mol. The summed E-state index contributed by atoms with van der Waals surface area (Å²) in [6.07, 6.45) is 0.218. The Kier molecular flexibility index (Phi) is 4.93. The van der Waals surface area contributed by atoms with Crippen molar-refractivity contribution in [3.05, 3.63) is 11.4 Å². The predicted molar refractivity (Wildman–Crippen MR) is 78.2 cm³/mol. The summed E-state index contributed by atoms with van der Waals surface area (Å²) >= 11 is 0. The lowest BCUT2D eigenvalue weighted by atomic mass is 10.3. The zero-order chi connectivity index (χ0) is 15.7. The van der Waals surface area contributed by atoms with Crippen LogP contribution in [0.1, 0.15) is 31.7 Å². The Labute approximate surface area is 120 Å². The molecule has 20 heavy (non-hydrogen) atoms. The summed E-state index contributed by atoms with van der Waals surface area (Å²) in [5.41, 5.74) is 6.42. The molecule has 0 unspecified atom stereocenters. The van der Waals surface area contributed by atoms with Gasteiger partial charge in [0.05, 0.1) is 17.2 Å². The van der Waals surface area contributed by atoms with Crippen LogP contribution in [0.15, 0.2) is 4.90 Å². The van der Waals surface area contributed by atoms with Gasteiger partial charge in [-0.2, -0.15) is 9.40 Å².